The van der Waals surface area contributed by atoms with Gasteiger partial charge in [0.1, 0.15) is 12.6 Å². The lowest BCUT2D eigenvalue weighted by molar-refractivity contribution is -0.139. The maximum atomic E-state index is 14.1. The molecular weight excluding hydrogens is 622 g/mol. The van der Waals surface area contributed by atoms with Crippen molar-refractivity contribution in [1.82, 2.24) is 10.2 Å². The van der Waals surface area contributed by atoms with Crippen LogP contribution in [-0.2, 0) is 26.2 Å². The number of nitrogens with zero attached hydrogens (tertiary/aromatic N) is 2. The Bertz CT molecular complexity index is 1490. The van der Waals surface area contributed by atoms with Gasteiger partial charge in [-0.2, -0.15) is 0 Å². The predicted octanol–water partition coefficient (Wildman–Crippen LogP) is 5.16. The molecule has 0 aromatic heterocycles. The van der Waals surface area contributed by atoms with Crippen molar-refractivity contribution in [3.63, 3.8) is 0 Å². The number of anilines is 1. The van der Waals surface area contributed by atoms with Crippen LogP contribution in [0.5, 0.6) is 11.5 Å². The summed E-state index contributed by atoms with van der Waals surface area (Å²) in [4.78, 5) is 28.6. The first-order valence-electron chi connectivity index (χ1n) is 13.5. The molecule has 0 aliphatic carbocycles. The van der Waals surface area contributed by atoms with Gasteiger partial charge < -0.3 is 19.7 Å². The summed E-state index contributed by atoms with van der Waals surface area (Å²) < 4.78 is 40.7. The van der Waals surface area contributed by atoms with Crippen LogP contribution in [0, 0.1) is 12.8 Å². The van der Waals surface area contributed by atoms with Crippen molar-refractivity contribution < 1.29 is 27.5 Å². The lowest BCUT2D eigenvalue weighted by atomic mass is 10.1. The highest BCUT2D eigenvalue weighted by Crippen LogP contribution is 2.34. The van der Waals surface area contributed by atoms with E-state index < -0.39 is 28.5 Å². The van der Waals surface area contributed by atoms with E-state index in [-0.39, 0.29) is 29.0 Å². The summed E-state index contributed by atoms with van der Waals surface area (Å²) in [6, 6.07) is 17.6. The molecule has 2 amide bonds. The van der Waals surface area contributed by atoms with Gasteiger partial charge in [0, 0.05) is 23.6 Å². The van der Waals surface area contributed by atoms with Crippen LogP contribution in [0.25, 0.3) is 0 Å². The summed E-state index contributed by atoms with van der Waals surface area (Å²) in [5.74, 6) is 0.0558. The Labute approximate surface area is 257 Å². The van der Waals surface area contributed by atoms with E-state index in [1.165, 1.54) is 37.3 Å². The number of halogens is 1. The van der Waals surface area contributed by atoms with Crippen LogP contribution in [0.1, 0.15) is 31.9 Å². The summed E-state index contributed by atoms with van der Waals surface area (Å²) >= 11 is 3.46. The molecule has 1 atom stereocenters. The van der Waals surface area contributed by atoms with Crippen LogP contribution in [0.2, 0.25) is 0 Å². The SMILES string of the molecule is COc1ccc(N(CC(=O)N(Cc2cccc(Br)c2)[C@@H](C)C(=O)NCC(C)C)S(=O)(=O)c2ccc(C)cc2)cc1OC. The van der Waals surface area contributed by atoms with Crippen LogP contribution in [-0.4, -0.2) is 58.5 Å². The number of aryl methyl sites for hydroxylation is 1. The fourth-order valence-corrected chi connectivity index (χ4v) is 6.07. The Morgan fingerprint density at radius 2 is 1.60 bits per heavy atom. The molecule has 3 aromatic rings. The number of hydrogen-bond donors (Lipinski definition) is 1. The number of ether oxygens (including phenoxy) is 2. The molecule has 0 radical (unpaired) electrons. The molecule has 3 aromatic carbocycles. The molecule has 0 saturated heterocycles. The maximum absolute atomic E-state index is 14.1. The molecule has 1 N–H and O–H groups in total. The van der Waals surface area contributed by atoms with Crippen LogP contribution < -0.4 is 19.1 Å². The summed E-state index contributed by atoms with van der Waals surface area (Å²) in [6.07, 6.45) is 0. The first-order chi connectivity index (χ1) is 19.9. The Morgan fingerprint density at radius 1 is 0.929 bits per heavy atom. The second kappa shape index (κ2) is 14.6. The predicted molar refractivity (Wildman–Crippen MR) is 167 cm³/mol. The molecule has 0 unspecified atom stereocenters. The standard InChI is InChI=1S/C31H38BrN3O6S/c1-21(2)18-33-31(37)23(4)34(19-24-8-7-9-25(32)16-24)30(36)20-35(26-12-15-28(40-5)29(17-26)41-6)42(38,39)27-13-10-22(3)11-14-27/h7-17,21,23H,18-20H2,1-6H3,(H,33,37)/t23-/m0/s1. The topological polar surface area (TPSA) is 105 Å². The third-order valence-electron chi connectivity index (χ3n) is 6.64. The highest BCUT2D eigenvalue weighted by atomic mass is 79.9. The summed E-state index contributed by atoms with van der Waals surface area (Å²) in [5, 5.41) is 2.88. The number of benzene rings is 3. The third-order valence-corrected chi connectivity index (χ3v) is 8.92. The van der Waals surface area contributed by atoms with Gasteiger partial charge in [0.05, 0.1) is 24.8 Å². The van der Waals surface area contributed by atoms with Crippen molar-refractivity contribution in [1.29, 1.82) is 0 Å². The highest BCUT2D eigenvalue weighted by molar-refractivity contribution is 9.10. The van der Waals surface area contributed by atoms with Crippen molar-refractivity contribution in [3.05, 3.63) is 82.3 Å². The van der Waals surface area contributed by atoms with Gasteiger partial charge in [-0.25, -0.2) is 8.42 Å². The minimum Gasteiger partial charge on any atom is -0.493 e. The van der Waals surface area contributed by atoms with E-state index >= 15 is 0 Å². The number of rotatable bonds is 13. The number of carbonyl (C=O) groups excluding carboxylic acids is 2. The Hall–Kier alpha value is -3.57. The van der Waals surface area contributed by atoms with Crippen LogP contribution in [0.3, 0.4) is 0 Å². The molecule has 0 spiro atoms. The van der Waals surface area contributed by atoms with E-state index in [1.54, 1.807) is 31.2 Å². The molecule has 0 saturated carbocycles. The second-order valence-corrected chi connectivity index (χ2v) is 13.1. The van der Waals surface area contributed by atoms with E-state index in [4.69, 9.17) is 9.47 Å². The third kappa shape index (κ3) is 8.25. The van der Waals surface area contributed by atoms with Gasteiger partial charge in [0.2, 0.25) is 11.8 Å². The number of amides is 2. The van der Waals surface area contributed by atoms with Gasteiger partial charge in [0.25, 0.3) is 10.0 Å². The van der Waals surface area contributed by atoms with Crippen LogP contribution in [0.15, 0.2) is 76.1 Å². The Kier molecular flexibility index (Phi) is 11.4. The summed E-state index contributed by atoms with van der Waals surface area (Å²) in [6.45, 7) is 7.44. The van der Waals surface area contributed by atoms with E-state index in [0.29, 0.717) is 18.0 Å². The molecule has 0 aliphatic heterocycles. The Morgan fingerprint density at radius 3 is 2.19 bits per heavy atom. The van der Waals surface area contributed by atoms with Crippen molar-refractivity contribution in [2.75, 3.05) is 31.6 Å². The molecule has 42 heavy (non-hydrogen) atoms. The zero-order valence-electron chi connectivity index (χ0n) is 24.8. The van der Waals surface area contributed by atoms with Gasteiger partial charge >= 0.3 is 0 Å². The fraction of sp³-hybridized carbons (Fsp3) is 0.355. The molecule has 0 bridgehead atoms. The minimum atomic E-state index is -4.21. The van der Waals surface area contributed by atoms with Crippen molar-refractivity contribution in [3.8, 4) is 11.5 Å². The number of hydrogen-bond acceptors (Lipinski definition) is 6. The first-order valence-corrected chi connectivity index (χ1v) is 15.7. The number of carbonyl (C=O) groups is 2. The van der Waals surface area contributed by atoms with Crippen LogP contribution >= 0.6 is 15.9 Å². The Balaban J connectivity index is 2.07. The van der Waals surface area contributed by atoms with Gasteiger partial charge in [-0.1, -0.05) is 59.6 Å². The smallest absolute Gasteiger partial charge is 0.264 e. The summed E-state index contributed by atoms with van der Waals surface area (Å²) in [7, 11) is -1.28. The number of methoxy groups -OCH3 is 2. The van der Waals surface area contributed by atoms with Gasteiger partial charge in [-0.3, -0.25) is 13.9 Å². The van der Waals surface area contributed by atoms with Crippen molar-refractivity contribution in [2.45, 2.75) is 45.2 Å². The molecule has 0 heterocycles. The van der Waals surface area contributed by atoms with Crippen molar-refractivity contribution >= 4 is 43.5 Å². The fourth-order valence-electron chi connectivity index (χ4n) is 4.21. The second-order valence-electron chi connectivity index (χ2n) is 10.3. The highest BCUT2D eigenvalue weighted by Gasteiger charge is 2.33. The van der Waals surface area contributed by atoms with Gasteiger partial charge in [-0.05, 0) is 61.7 Å². The average Bonchev–Trinajstić information content (AvgIpc) is 2.96. The quantitative estimate of drug-likeness (QED) is 0.272. The lowest BCUT2D eigenvalue weighted by Crippen LogP contribution is -2.51. The molecule has 226 valence electrons. The normalized spacial score (nSPS) is 12.0. The zero-order valence-corrected chi connectivity index (χ0v) is 27.2. The molecule has 0 aliphatic rings. The molecule has 9 nitrogen and oxygen atoms in total. The van der Waals surface area contributed by atoms with Crippen LogP contribution in [0.4, 0.5) is 5.69 Å². The van der Waals surface area contributed by atoms with E-state index in [2.05, 4.69) is 21.2 Å². The van der Waals surface area contributed by atoms with E-state index in [9.17, 15) is 18.0 Å². The molecule has 3 rings (SSSR count). The average molecular weight is 661 g/mol. The lowest BCUT2D eigenvalue weighted by Gasteiger charge is -2.32. The van der Waals surface area contributed by atoms with E-state index in [0.717, 1.165) is 19.9 Å². The number of nitrogens with one attached hydrogen (secondary N) is 1. The first kappa shape index (κ1) is 32.9. The monoisotopic (exact) mass is 659 g/mol. The molecule has 11 heteroatoms. The van der Waals surface area contributed by atoms with Crippen molar-refractivity contribution in [2.24, 2.45) is 5.92 Å². The zero-order chi connectivity index (χ0) is 31.0. The summed E-state index contributed by atoms with van der Waals surface area (Å²) in [5.41, 5.74) is 1.88. The maximum Gasteiger partial charge on any atom is 0.264 e. The molecule has 0 fully saturated rings. The molecular formula is C31H38BrN3O6S. The van der Waals surface area contributed by atoms with Gasteiger partial charge in [-0.15, -0.1) is 0 Å². The largest absolute Gasteiger partial charge is 0.493 e. The number of sulfonamides is 1. The minimum absolute atomic E-state index is 0.0250. The van der Waals surface area contributed by atoms with E-state index in [1.807, 2.05) is 45.0 Å². The van der Waals surface area contributed by atoms with Gasteiger partial charge in [0.15, 0.2) is 11.5 Å².